The van der Waals surface area contributed by atoms with Crippen LogP contribution in [0.4, 0.5) is 25.0 Å². The first-order valence-electron chi connectivity index (χ1n) is 9.26. The minimum atomic E-state index is -3.01. The number of nitro benzene ring substituents is 1. The Labute approximate surface area is 180 Å². The van der Waals surface area contributed by atoms with Crippen molar-refractivity contribution in [1.82, 2.24) is 10.2 Å². The molecule has 32 heavy (non-hydrogen) atoms. The molecular weight excluding hydrogens is 430 g/mol. The molecular formula is C20H18F2N4O6. The van der Waals surface area contributed by atoms with E-state index in [0.29, 0.717) is 10.5 Å². The van der Waals surface area contributed by atoms with Crippen LogP contribution in [-0.2, 0) is 15.1 Å². The minimum Gasteiger partial charge on any atom is -0.435 e. The normalized spacial score (nSPS) is 18.0. The Morgan fingerprint density at radius 2 is 1.91 bits per heavy atom. The fourth-order valence-corrected chi connectivity index (χ4v) is 3.30. The number of anilines is 1. The zero-order valence-corrected chi connectivity index (χ0v) is 16.9. The van der Waals surface area contributed by atoms with Gasteiger partial charge >= 0.3 is 12.6 Å². The highest BCUT2D eigenvalue weighted by Crippen LogP contribution is 2.31. The molecule has 0 bridgehead atoms. The summed E-state index contributed by atoms with van der Waals surface area (Å²) < 4.78 is 28.9. The highest BCUT2D eigenvalue weighted by molar-refractivity contribution is 6.10. The largest absolute Gasteiger partial charge is 0.435 e. The van der Waals surface area contributed by atoms with Gasteiger partial charge in [-0.2, -0.15) is 8.78 Å². The predicted octanol–water partition coefficient (Wildman–Crippen LogP) is 2.91. The van der Waals surface area contributed by atoms with E-state index in [0.717, 1.165) is 0 Å². The van der Waals surface area contributed by atoms with Crippen LogP contribution < -0.4 is 15.4 Å². The van der Waals surface area contributed by atoms with E-state index in [1.54, 1.807) is 13.0 Å². The smallest absolute Gasteiger partial charge is 0.387 e. The van der Waals surface area contributed by atoms with Gasteiger partial charge in [0.15, 0.2) is 0 Å². The Hall–Kier alpha value is -4.09. The second kappa shape index (κ2) is 8.57. The standard InChI is InChI=1S/C20H18F2N4O6/c1-11-4-3-5-14(26(30)31)16(11)23-15(27)10-25-17(28)20(2,24-19(25)29)12-6-8-13(9-7-12)32-18(21)22/h3-9,18H,10H2,1-2H3,(H,23,27)(H,24,29)/t20-/m1/s1. The quantitative estimate of drug-likeness (QED) is 0.380. The van der Waals surface area contributed by atoms with Crippen molar-refractivity contribution in [3.05, 3.63) is 63.7 Å². The molecule has 0 aromatic heterocycles. The van der Waals surface area contributed by atoms with Crippen LogP contribution in [0.1, 0.15) is 18.1 Å². The number of aryl methyl sites for hydroxylation is 1. The average molecular weight is 448 g/mol. The Bertz CT molecular complexity index is 1090. The number of benzene rings is 2. The molecule has 1 atom stereocenters. The van der Waals surface area contributed by atoms with Gasteiger partial charge in [-0.05, 0) is 37.1 Å². The molecule has 1 heterocycles. The summed E-state index contributed by atoms with van der Waals surface area (Å²) in [6.45, 7) is -0.727. The number of imide groups is 1. The summed E-state index contributed by atoms with van der Waals surface area (Å²) in [7, 11) is 0. The van der Waals surface area contributed by atoms with Crippen LogP contribution in [0.25, 0.3) is 0 Å². The molecule has 1 aliphatic rings. The number of nitrogens with one attached hydrogen (secondary N) is 2. The molecule has 0 spiro atoms. The lowest BCUT2D eigenvalue weighted by atomic mass is 9.92. The maximum atomic E-state index is 12.9. The summed E-state index contributed by atoms with van der Waals surface area (Å²) >= 11 is 0. The van der Waals surface area contributed by atoms with Crippen LogP contribution in [0.5, 0.6) is 5.75 Å². The Morgan fingerprint density at radius 1 is 1.25 bits per heavy atom. The van der Waals surface area contributed by atoms with Crippen molar-refractivity contribution in [3.63, 3.8) is 0 Å². The second-order valence-corrected chi connectivity index (χ2v) is 7.12. The van der Waals surface area contributed by atoms with Crippen molar-refractivity contribution in [1.29, 1.82) is 0 Å². The molecule has 3 rings (SSSR count). The summed E-state index contributed by atoms with van der Waals surface area (Å²) in [5, 5.41) is 16.1. The van der Waals surface area contributed by atoms with Gasteiger partial charge in [-0.1, -0.05) is 24.3 Å². The van der Waals surface area contributed by atoms with E-state index in [4.69, 9.17) is 0 Å². The van der Waals surface area contributed by atoms with E-state index in [9.17, 15) is 33.3 Å². The third-order valence-corrected chi connectivity index (χ3v) is 4.95. The number of ether oxygens (including phenoxy) is 1. The second-order valence-electron chi connectivity index (χ2n) is 7.12. The zero-order chi connectivity index (χ0) is 23.6. The van der Waals surface area contributed by atoms with Gasteiger partial charge in [-0.3, -0.25) is 24.6 Å². The molecule has 1 aliphatic heterocycles. The topological polar surface area (TPSA) is 131 Å². The van der Waals surface area contributed by atoms with Crippen LogP contribution in [0.2, 0.25) is 0 Å². The molecule has 0 saturated carbocycles. The fraction of sp³-hybridized carbons (Fsp3) is 0.250. The highest BCUT2D eigenvalue weighted by atomic mass is 19.3. The summed E-state index contributed by atoms with van der Waals surface area (Å²) in [6, 6.07) is 8.52. The molecule has 2 aromatic carbocycles. The van der Waals surface area contributed by atoms with Crippen molar-refractivity contribution >= 4 is 29.2 Å². The lowest BCUT2D eigenvalue weighted by Gasteiger charge is -2.22. The highest BCUT2D eigenvalue weighted by Gasteiger charge is 2.49. The molecule has 0 radical (unpaired) electrons. The molecule has 168 valence electrons. The van der Waals surface area contributed by atoms with Gasteiger partial charge in [0.25, 0.3) is 11.6 Å². The first-order valence-corrected chi connectivity index (χ1v) is 9.26. The number of hydrogen-bond donors (Lipinski definition) is 2. The number of carbonyl (C=O) groups excluding carboxylic acids is 3. The molecule has 0 unspecified atom stereocenters. The molecule has 2 aromatic rings. The van der Waals surface area contributed by atoms with E-state index in [1.807, 2.05) is 0 Å². The molecule has 1 fully saturated rings. The zero-order valence-electron chi connectivity index (χ0n) is 16.9. The van der Waals surface area contributed by atoms with Crippen LogP contribution in [0.3, 0.4) is 0 Å². The van der Waals surface area contributed by atoms with Gasteiger partial charge in [-0.15, -0.1) is 0 Å². The maximum absolute atomic E-state index is 12.9. The van der Waals surface area contributed by atoms with Gasteiger partial charge in [0.1, 0.15) is 23.5 Å². The number of alkyl halides is 2. The van der Waals surface area contributed by atoms with Crippen molar-refractivity contribution in [2.45, 2.75) is 26.0 Å². The van der Waals surface area contributed by atoms with Gasteiger partial charge in [0.05, 0.1) is 4.92 Å². The summed E-state index contributed by atoms with van der Waals surface area (Å²) in [5.74, 6) is -1.68. The number of halogens is 2. The fourth-order valence-electron chi connectivity index (χ4n) is 3.30. The number of rotatable bonds is 7. The third-order valence-electron chi connectivity index (χ3n) is 4.95. The lowest BCUT2D eigenvalue weighted by molar-refractivity contribution is -0.384. The van der Waals surface area contributed by atoms with Crippen molar-refractivity contribution in [3.8, 4) is 5.75 Å². The van der Waals surface area contributed by atoms with Gasteiger partial charge in [0.2, 0.25) is 5.91 Å². The number of nitro groups is 1. The van der Waals surface area contributed by atoms with Crippen molar-refractivity contribution < 1.29 is 32.8 Å². The first kappa shape index (κ1) is 22.6. The van der Waals surface area contributed by atoms with Crippen LogP contribution >= 0.6 is 0 Å². The average Bonchev–Trinajstić information content (AvgIpc) is 2.93. The maximum Gasteiger partial charge on any atom is 0.387 e. The predicted molar refractivity (Wildman–Crippen MR) is 107 cm³/mol. The first-order chi connectivity index (χ1) is 15.0. The van der Waals surface area contributed by atoms with Crippen LogP contribution in [-0.4, -0.2) is 40.8 Å². The van der Waals surface area contributed by atoms with Crippen molar-refractivity contribution in [2.75, 3.05) is 11.9 Å². The number of para-hydroxylation sites is 1. The number of carbonyl (C=O) groups is 3. The monoisotopic (exact) mass is 448 g/mol. The SMILES string of the molecule is Cc1cccc([N+](=O)[O-])c1NC(=O)CN1C(=O)N[C@](C)(c2ccc(OC(F)F)cc2)C1=O. The molecule has 12 heteroatoms. The Morgan fingerprint density at radius 3 is 2.50 bits per heavy atom. The van der Waals surface area contributed by atoms with Gasteiger partial charge in [0, 0.05) is 6.07 Å². The number of nitrogens with zero attached hydrogens (tertiary/aromatic N) is 2. The summed E-state index contributed by atoms with van der Waals surface area (Å²) in [6.07, 6.45) is 0. The van der Waals surface area contributed by atoms with Crippen molar-refractivity contribution in [2.24, 2.45) is 0 Å². The lowest BCUT2D eigenvalue weighted by Crippen LogP contribution is -2.42. The van der Waals surface area contributed by atoms with E-state index in [2.05, 4.69) is 15.4 Å². The van der Waals surface area contributed by atoms with Gasteiger partial charge in [-0.25, -0.2) is 4.79 Å². The molecule has 10 nitrogen and oxygen atoms in total. The molecule has 4 amide bonds. The number of amides is 4. The summed E-state index contributed by atoms with van der Waals surface area (Å²) in [4.78, 5) is 49.0. The van der Waals surface area contributed by atoms with Gasteiger partial charge < -0.3 is 15.4 Å². The Balaban J connectivity index is 1.77. The summed E-state index contributed by atoms with van der Waals surface area (Å²) in [5.41, 5.74) is -1.19. The van der Waals surface area contributed by atoms with Crippen LogP contribution in [0, 0.1) is 17.0 Å². The van der Waals surface area contributed by atoms with Crippen LogP contribution in [0.15, 0.2) is 42.5 Å². The number of hydrogen-bond acceptors (Lipinski definition) is 6. The molecule has 2 N–H and O–H groups in total. The van der Waals surface area contributed by atoms with E-state index in [1.165, 1.54) is 43.3 Å². The van der Waals surface area contributed by atoms with E-state index in [-0.39, 0.29) is 22.7 Å². The van der Waals surface area contributed by atoms with E-state index < -0.39 is 41.5 Å². The minimum absolute atomic E-state index is 0.0352. The number of urea groups is 1. The Kier molecular flexibility index (Phi) is 6.05. The molecule has 0 aliphatic carbocycles. The molecule has 1 saturated heterocycles. The third kappa shape index (κ3) is 4.33. The van der Waals surface area contributed by atoms with E-state index >= 15 is 0 Å².